The number of carbonyl (C=O) groups excluding carboxylic acids is 1. The Morgan fingerprint density at radius 3 is 2.52 bits per heavy atom. The number of furan rings is 1. The van der Waals surface area contributed by atoms with E-state index in [2.05, 4.69) is 4.74 Å². The highest BCUT2D eigenvalue weighted by Crippen LogP contribution is 2.16. The van der Waals surface area contributed by atoms with Gasteiger partial charge in [-0.15, -0.1) is 0 Å². The van der Waals surface area contributed by atoms with Crippen LogP contribution in [-0.4, -0.2) is 24.5 Å². The molecule has 0 spiro atoms. The summed E-state index contributed by atoms with van der Waals surface area (Å²) in [6, 6.07) is 9.77. The highest BCUT2D eigenvalue weighted by Gasteiger charge is 2.08. The maximum atomic E-state index is 12.1. The molecule has 2 aromatic rings. The van der Waals surface area contributed by atoms with E-state index in [4.69, 9.17) is 4.42 Å². The third-order valence-electron chi connectivity index (χ3n) is 3.10. The standard InChI is InChI=1S/C17H17F2NO3/c1-12-3-6-14(22-12)9-10-16(21)20(2)11-13-4-7-15(8-5-13)23-17(18)19/h3-10,17H,11H2,1-2H3. The maximum absolute atomic E-state index is 12.1. The number of halogens is 2. The number of likely N-dealkylation sites (N-methyl/N-ethyl adjacent to an activating group) is 1. The van der Waals surface area contributed by atoms with Crippen LogP contribution in [0.25, 0.3) is 6.08 Å². The fourth-order valence-electron chi connectivity index (χ4n) is 1.95. The Labute approximate surface area is 133 Å². The number of alkyl halides is 2. The Hall–Kier alpha value is -2.63. The van der Waals surface area contributed by atoms with Gasteiger partial charge in [0.1, 0.15) is 17.3 Å². The molecule has 0 unspecified atom stereocenters. The second kappa shape index (κ2) is 7.58. The minimum atomic E-state index is -2.85. The molecule has 0 saturated carbocycles. The van der Waals surface area contributed by atoms with Crippen molar-refractivity contribution >= 4 is 12.0 Å². The van der Waals surface area contributed by atoms with Gasteiger partial charge in [0.05, 0.1) is 0 Å². The molecule has 1 heterocycles. The summed E-state index contributed by atoms with van der Waals surface area (Å²) in [6.45, 7) is -0.664. The van der Waals surface area contributed by atoms with Crippen molar-refractivity contribution in [1.29, 1.82) is 0 Å². The molecule has 0 atom stereocenters. The first kappa shape index (κ1) is 16.7. The van der Waals surface area contributed by atoms with E-state index >= 15 is 0 Å². The lowest BCUT2D eigenvalue weighted by Crippen LogP contribution is -2.24. The summed E-state index contributed by atoms with van der Waals surface area (Å²) in [6.07, 6.45) is 3.03. The minimum absolute atomic E-state index is 0.0887. The molecule has 0 fully saturated rings. The molecule has 4 nitrogen and oxygen atoms in total. The fourth-order valence-corrected chi connectivity index (χ4v) is 1.95. The molecule has 6 heteroatoms. The van der Waals surface area contributed by atoms with Gasteiger partial charge in [-0.25, -0.2) is 0 Å². The van der Waals surface area contributed by atoms with Crippen LogP contribution in [0.3, 0.4) is 0 Å². The van der Waals surface area contributed by atoms with Gasteiger partial charge >= 0.3 is 6.61 Å². The average Bonchev–Trinajstić information content (AvgIpc) is 2.92. The zero-order chi connectivity index (χ0) is 16.8. The number of aryl methyl sites for hydroxylation is 1. The first-order chi connectivity index (χ1) is 10.9. The van der Waals surface area contributed by atoms with Crippen molar-refractivity contribution in [2.75, 3.05) is 7.05 Å². The third kappa shape index (κ3) is 5.25. The van der Waals surface area contributed by atoms with E-state index in [1.54, 1.807) is 31.3 Å². The van der Waals surface area contributed by atoms with E-state index in [1.807, 2.05) is 13.0 Å². The first-order valence-electron chi connectivity index (χ1n) is 6.97. The number of ether oxygens (including phenoxy) is 1. The molecule has 0 radical (unpaired) electrons. The monoisotopic (exact) mass is 321 g/mol. The average molecular weight is 321 g/mol. The van der Waals surface area contributed by atoms with Gasteiger partial charge in [0.15, 0.2) is 0 Å². The second-order valence-corrected chi connectivity index (χ2v) is 5.00. The molecule has 1 aromatic carbocycles. The van der Waals surface area contributed by atoms with E-state index in [-0.39, 0.29) is 11.7 Å². The van der Waals surface area contributed by atoms with Crippen LogP contribution in [0.5, 0.6) is 5.75 Å². The molecule has 0 saturated heterocycles. The summed E-state index contributed by atoms with van der Waals surface area (Å²) in [7, 11) is 1.66. The lowest BCUT2D eigenvalue weighted by Gasteiger charge is -2.15. The van der Waals surface area contributed by atoms with E-state index in [9.17, 15) is 13.6 Å². The van der Waals surface area contributed by atoms with Gasteiger partial charge in [0, 0.05) is 19.7 Å². The van der Waals surface area contributed by atoms with Crippen LogP contribution in [0, 0.1) is 6.92 Å². The van der Waals surface area contributed by atoms with Gasteiger partial charge in [-0.2, -0.15) is 8.78 Å². The molecule has 0 bridgehead atoms. The maximum Gasteiger partial charge on any atom is 0.387 e. The topological polar surface area (TPSA) is 42.7 Å². The van der Waals surface area contributed by atoms with Crippen LogP contribution in [0.2, 0.25) is 0 Å². The first-order valence-corrected chi connectivity index (χ1v) is 6.97. The van der Waals surface area contributed by atoms with Crippen molar-refractivity contribution in [2.24, 2.45) is 0 Å². The van der Waals surface area contributed by atoms with Crippen molar-refractivity contribution in [3.63, 3.8) is 0 Å². The van der Waals surface area contributed by atoms with Crippen LogP contribution in [0.4, 0.5) is 8.78 Å². The molecule has 2 rings (SSSR count). The zero-order valence-electron chi connectivity index (χ0n) is 12.8. The zero-order valence-corrected chi connectivity index (χ0v) is 12.8. The molecular formula is C17H17F2NO3. The van der Waals surface area contributed by atoms with E-state index in [0.29, 0.717) is 12.3 Å². The second-order valence-electron chi connectivity index (χ2n) is 5.00. The summed E-state index contributed by atoms with van der Waals surface area (Å²) < 4.78 is 33.8. The molecule has 1 aromatic heterocycles. The van der Waals surface area contributed by atoms with Crippen LogP contribution in [0.1, 0.15) is 17.1 Å². The SMILES string of the molecule is Cc1ccc(C=CC(=O)N(C)Cc2ccc(OC(F)F)cc2)o1. The van der Waals surface area contributed by atoms with E-state index in [1.165, 1.54) is 23.1 Å². The van der Waals surface area contributed by atoms with Crippen molar-refractivity contribution in [3.05, 3.63) is 59.6 Å². The van der Waals surface area contributed by atoms with Crippen molar-refractivity contribution in [3.8, 4) is 5.75 Å². The molecular weight excluding hydrogens is 304 g/mol. The quantitative estimate of drug-likeness (QED) is 0.759. The number of hydrogen-bond donors (Lipinski definition) is 0. The molecule has 0 N–H and O–H groups in total. The predicted octanol–water partition coefficient (Wildman–Crippen LogP) is 3.86. The molecule has 0 aliphatic carbocycles. The largest absolute Gasteiger partial charge is 0.462 e. The van der Waals surface area contributed by atoms with Gasteiger partial charge < -0.3 is 14.1 Å². The Bertz CT molecular complexity index is 677. The van der Waals surface area contributed by atoms with Crippen LogP contribution >= 0.6 is 0 Å². The highest BCUT2D eigenvalue weighted by atomic mass is 19.3. The Morgan fingerprint density at radius 2 is 1.96 bits per heavy atom. The van der Waals surface area contributed by atoms with Crippen LogP contribution in [0.15, 0.2) is 46.9 Å². The van der Waals surface area contributed by atoms with Crippen LogP contribution < -0.4 is 4.74 Å². The molecule has 0 aliphatic heterocycles. The summed E-state index contributed by atoms with van der Waals surface area (Å²) >= 11 is 0. The number of carbonyl (C=O) groups is 1. The van der Waals surface area contributed by atoms with Crippen LogP contribution in [-0.2, 0) is 11.3 Å². The predicted molar refractivity (Wildman–Crippen MR) is 82.0 cm³/mol. The summed E-state index contributed by atoms with van der Waals surface area (Å²) in [4.78, 5) is 13.5. The smallest absolute Gasteiger partial charge is 0.387 e. The number of benzene rings is 1. The molecule has 122 valence electrons. The number of rotatable bonds is 6. The Morgan fingerprint density at radius 1 is 1.26 bits per heavy atom. The highest BCUT2D eigenvalue weighted by molar-refractivity contribution is 5.91. The summed E-state index contributed by atoms with van der Waals surface area (Å²) in [5.74, 6) is 1.28. The normalized spacial score (nSPS) is 11.2. The van der Waals surface area contributed by atoms with Gasteiger partial charge in [-0.3, -0.25) is 4.79 Å². The molecule has 1 amide bonds. The Kier molecular flexibility index (Phi) is 5.51. The lowest BCUT2D eigenvalue weighted by molar-refractivity contribution is -0.125. The summed E-state index contributed by atoms with van der Waals surface area (Å²) in [5, 5.41) is 0. The van der Waals surface area contributed by atoms with E-state index < -0.39 is 6.61 Å². The van der Waals surface area contributed by atoms with Gasteiger partial charge in [0.2, 0.25) is 5.91 Å². The Balaban J connectivity index is 1.91. The molecule has 0 aliphatic rings. The van der Waals surface area contributed by atoms with Gasteiger partial charge in [-0.1, -0.05) is 12.1 Å². The third-order valence-corrected chi connectivity index (χ3v) is 3.10. The number of amides is 1. The lowest BCUT2D eigenvalue weighted by atomic mass is 10.2. The molecule has 23 heavy (non-hydrogen) atoms. The number of hydrogen-bond acceptors (Lipinski definition) is 3. The fraction of sp³-hybridized carbons (Fsp3) is 0.235. The van der Waals surface area contributed by atoms with Gasteiger partial charge in [-0.05, 0) is 42.8 Å². The number of nitrogens with zero attached hydrogens (tertiary/aromatic N) is 1. The van der Waals surface area contributed by atoms with Crippen molar-refractivity contribution in [1.82, 2.24) is 4.90 Å². The van der Waals surface area contributed by atoms with Gasteiger partial charge in [0.25, 0.3) is 0 Å². The van der Waals surface area contributed by atoms with E-state index in [0.717, 1.165) is 11.3 Å². The van der Waals surface area contributed by atoms with Crippen molar-refractivity contribution in [2.45, 2.75) is 20.1 Å². The summed E-state index contributed by atoms with van der Waals surface area (Å²) in [5.41, 5.74) is 0.810. The van der Waals surface area contributed by atoms with Crippen molar-refractivity contribution < 1.29 is 22.7 Å². The minimum Gasteiger partial charge on any atom is -0.462 e.